The molecule has 24 heavy (non-hydrogen) atoms. The van der Waals surface area contributed by atoms with Gasteiger partial charge in [-0.2, -0.15) is 10.2 Å². The van der Waals surface area contributed by atoms with Crippen molar-refractivity contribution in [2.75, 3.05) is 10.6 Å². The van der Waals surface area contributed by atoms with Crippen molar-refractivity contribution in [3.63, 3.8) is 0 Å². The van der Waals surface area contributed by atoms with Crippen LogP contribution in [0.15, 0.2) is 54.6 Å². The van der Waals surface area contributed by atoms with Crippen LogP contribution in [0, 0.1) is 24.1 Å². The highest BCUT2D eigenvalue weighted by Gasteiger charge is 2.04. The summed E-state index contributed by atoms with van der Waals surface area (Å²) in [5, 5.41) is 15.0. The second kappa shape index (κ2) is 6.75. The van der Waals surface area contributed by atoms with E-state index in [4.69, 9.17) is 5.26 Å². The molecule has 2 aromatic carbocycles. The summed E-state index contributed by atoms with van der Waals surface area (Å²) in [6.07, 6.45) is 0. The standard InChI is InChI=1S/C18H14FN5/c1-12-10-17(22-15-6-2-13(11-20)3-7-15)24-18(21-12)23-16-8-4-14(19)5-9-16/h2-10H,1H3,(H2,21,22,23,24). The summed E-state index contributed by atoms with van der Waals surface area (Å²) in [6, 6.07) is 16.9. The van der Waals surface area contributed by atoms with Crippen LogP contribution in [0.1, 0.15) is 11.3 Å². The number of aromatic nitrogens is 2. The van der Waals surface area contributed by atoms with Crippen LogP contribution >= 0.6 is 0 Å². The Bertz CT molecular complexity index is 883. The highest BCUT2D eigenvalue weighted by atomic mass is 19.1. The summed E-state index contributed by atoms with van der Waals surface area (Å²) in [6.45, 7) is 1.86. The fraction of sp³-hybridized carbons (Fsp3) is 0.0556. The van der Waals surface area contributed by atoms with Crippen molar-refractivity contribution >= 4 is 23.1 Å². The molecule has 0 fully saturated rings. The van der Waals surface area contributed by atoms with E-state index in [2.05, 4.69) is 26.7 Å². The van der Waals surface area contributed by atoms with Crippen molar-refractivity contribution in [2.45, 2.75) is 6.92 Å². The number of benzene rings is 2. The zero-order valence-corrected chi connectivity index (χ0v) is 12.9. The third-order valence-corrected chi connectivity index (χ3v) is 3.24. The Morgan fingerprint density at radius 3 is 2.21 bits per heavy atom. The van der Waals surface area contributed by atoms with Crippen LogP contribution in [0.5, 0.6) is 0 Å². The monoisotopic (exact) mass is 319 g/mol. The number of anilines is 4. The highest BCUT2D eigenvalue weighted by Crippen LogP contribution is 2.19. The summed E-state index contributed by atoms with van der Waals surface area (Å²) in [4.78, 5) is 8.72. The van der Waals surface area contributed by atoms with Gasteiger partial charge in [-0.05, 0) is 55.5 Å². The molecule has 0 bridgehead atoms. The molecule has 6 heteroatoms. The topological polar surface area (TPSA) is 73.6 Å². The summed E-state index contributed by atoms with van der Waals surface area (Å²) in [7, 11) is 0. The lowest BCUT2D eigenvalue weighted by atomic mass is 10.2. The first-order valence-corrected chi connectivity index (χ1v) is 7.28. The lowest BCUT2D eigenvalue weighted by Crippen LogP contribution is -2.02. The van der Waals surface area contributed by atoms with E-state index in [-0.39, 0.29) is 5.82 Å². The Morgan fingerprint density at radius 2 is 1.54 bits per heavy atom. The van der Waals surface area contributed by atoms with Crippen molar-refractivity contribution in [3.8, 4) is 6.07 Å². The van der Waals surface area contributed by atoms with Crippen molar-refractivity contribution in [2.24, 2.45) is 0 Å². The number of rotatable bonds is 4. The van der Waals surface area contributed by atoms with Gasteiger partial charge in [-0.3, -0.25) is 0 Å². The number of nitrogens with one attached hydrogen (secondary N) is 2. The summed E-state index contributed by atoms with van der Waals surface area (Å²) >= 11 is 0. The van der Waals surface area contributed by atoms with Crippen LogP contribution in [-0.4, -0.2) is 9.97 Å². The fourth-order valence-electron chi connectivity index (χ4n) is 2.13. The molecule has 0 unspecified atom stereocenters. The van der Waals surface area contributed by atoms with Gasteiger partial charge in [0.25, 0.3) is 0 Å². The van der Waals surface area contributed by atoms with Gasteiger partial charge in [0.2, 0.25) is 5.95 Å². The predicted molar refractivity (Wildman–Crippen MR) is 90.9 cm³/mol. The molecule has 1 aromatic heterocycles. The van der Waals surface area contributed by atoms with Gasteiger partial charge in [0, 0.05) is 23.1 Å². The van der Waals surface area contributed by atoms with Gasteiger partial charge in [-0.25, -0.2) is 9.37 Å². The minimum Gasteiger partial charge on any atom is -0.340 e. The van der Waals surface area contributed by atoms with E-state index in [1.165, 1.54) is 12.1 Å². The first kappa shape index (κ1) is 15.4. The van der Waals surface area contributed by atoms with Crippen LogP contribution in [-0.2, 0) is 0 Å². The maximum absolute atomic E-state index is 13.0. The van der Waals surface area contributed by atoms with Gasteiger partial charge in [-0.1, -0.05) is 0 Å². The second-order valence-corrected chi connectivity index (χ2v) is 5.16. The first-order chi connectivity index (χ1) is 11.6. The summed E-state index contributed by atoms with van der Waals surface area (Å²) in [5.41, 5.74) is 2.90. The highest BCUT2D eigenvalue weighted by molar-refractivity contribution is 5.60. The van der Waals surface area contributed by atoms with Crippen molar-refractivity contribution in [1.29, 1.82) is 5.26 Å². The van der Waals surface area contributed by atoms with E-state index in [0.717, 1.165) is 11.4 Å². The van der Waals surface area contributed by atoms with Crippen molar-refractivity contribution in [1.82, 2.24) is 9.97 Å². The average molecular weight is 319 g/mol. The number of halogens is 1. The van der Waals surface area contributed by atoms with Crippen LogP contribution in [0.4, 0.5) is 27.5 Å². The molecule has 3 rings (SSSR count). The fourth-order valence-corrected chi connectivity index (χ4v) is 2.13. The molecule has 1 heterocycles. The van der Waals surface area contributed by atoms with Gasteiger partial charge < -0.3 is 10.6 Å². The number of nitrogens with zero attached hydrogens (tertiary/aromatic N) is 3. The lowest BCUT2D eigenvalue weighted by Gasteiger charge is -2.10. The Morgan fingerprint density at radius 1 is 0.917 bits per heavy atom. The molecule has 0 spiro atoms. The first-order valence-electron chi connectivity index (χ1n) is 7.28. The molecular formula is C18H14FN5. The van der Waals surface area contributed by atoms with E-state index in [1.807, 2.05) is 25.1 Å². The van der Waals surface area contributed by atoms with E-state index < -0.39 is 0 Å². The van der Waals surface area contributed by atoms with Gasteiger partial charge >= 0.3 is 0 Å². The molecule has 0 saturated carbocycles. The average Bonchev–Trinajstić information content (AvgIpc) is 2.57. The summed E-state index contributed by atoms with van der Waals surface area (Å²) < 4.78 is 13.0. The van der Waals surface area contributed by atoms with Crippen LogP contribution in [0.3, 0.4) is 0 Å². The van der Waals surface area contributed by atoms with Crippen molar-refractivity contribution in [3.05, 3.63) is 71.7 Å². The Kier molecular flexibility index (Phi) is 4.34. The molecule has 118 valence electrons. The molecule has 5 nitrogen and oxygen atoms in total. The molecular weight excluding hydrogens is 305 g/mol. The molecule has 2 N–H and O–H groups in total. The van der Waals surface area contributed by atoms with Crippen LogP contribution in [0.25, 0.3) is 0 Å². The van der Waals surface area contributed by atoms with E-state index in [9.17, 15) is 4.39 Å². The molecule has 0 radical (unpaired) electrons. The smallest absolute Gasteiger partial charge is 0.229 e. The summed E-state index contributed by atoms with van der Waals surface area (Å²) in [5.74, 6) is 0.739. The van der Waals surface area contributed by atoms with Gasteiger partial charge in [-0.15, -0.1) is 0 Å². The zero-order valence-electron chi connectivity index (χ0n) is 12.9. The SMILES string of the molecule is Cc1cc(Nc2ccc(C#N)cc2)nc(Nc2ccc(F)cc2)n1. The third-order valence-electron chi connectivity index (χ3n) is 3.24. The van der Waals surface area contributed by atoms with E-state index in [1.54, 1.807) is 24.3 Å². The van der Waals surface area contributed by atoms with Gasteiger partial charge in [0.15, 0.2) is 0 Å². The Hall–Kier alpha value is -3.46. The number of aryl methyl sites for hydroxylation is 1. The Balaban J connectivity index is 1.80. The maximum Gasteiger partial charge on any atom is 0.229 e. The molecule has 0 amide bonds. The van der Waals surface area contributed by atoms with E-state index in [0.29, 0.717) is 23.0 Å². The van der Waals surface area contributed by atoms with Crippen LogP contribution in [0.2, 0.25) is 0 Å². The molecule has 0 aliphatic carbocycles. The van der Waals surface area contributed by atoms with Crippen molar-refractivity contribution < 1.29 is 4.39 Å². The number of nitriles is 1. The molecule has 3 aromatic rings. The quantitative estimate of drug-likeness (QED) is 0.750. The predicted octanol–water partition coefficient (Wildman–Crippen LogP) is 4.28. The van der Waals surface area contributed by atoms with Gasteiger partial charge in [0.05, 0.1) is 11.6 Å². The molecule has 0 aliphatic heterocycles. The lowest BCUT2D eigenvalue weighted by molar-refractivity contribution is 0.628. The molecule has 0 atom stereocenters. The maximum atomic E-state index is 13.0. The second-order valence-electron chi connectivity index (χ2n) is 5.16. The third kappa shape index (κ3) is 3.84. The van der Waals surface area contributed by atoms with Gasteiger partial charge in [0.1, 0.15) is 11.6 Å². The number of hydrogen-bond acceptors (Lipinski definition) is 5. The van der Waals surface area contributed by atoms with E-state index >= 15 is 0 Å². The normalized spacial score (nSPS) is 10.0. The minimum absolute atomic E-state index is 0.297. The molecule has 0 saturated heterocycles. The zero-order chi connectivity index (χ0) is 16.9. The number of hydrogen-bond donors (Lipinski definition) is 2. The largest absolute Gasteiger partial charge is 0.340 e. The minimum atomic E-state index is -0.297. The van der Waals surface area contributed by atoms with Crippen LogP contribution < -0.4 is 10.6 Å². The Labute approximate surface area is 138 Å². The molecule has 0 aliphatic rings.